The highest BCUT2D eigenvalue weighted by Crippen LogP contribution is 2.33. The molecule has 1 aromatic heterocycles. The molecule has 9 nitrogen and oxygen atoms in total. The average molecular weight is 475 g/mol. The molecule has 2 rings (SSSR count). The fourth-order valence-electron chi connectivity index (χ4n) is 2.54. The van der Waals surface area contributed by atoms with Gasteiger partial charge < -0.3 is 9.47 Å². The first kappa shape index (κ1) is 24.2. The summed E-state index contributed by atoms with van der Waals surface area (Å²) in [5.74, 6) is 1.67. The third kappa shape index (κ3) is 6.22. The molecule has 0 fully saturated rings. The maximum Gasteiger partial charge on any atom is 0.249 e. The van der Waals surface area contributed by atoms with Gasteiger partial charge in [-0.2, -0.15) is 0 Å². The molecule has 2 aromatic rings. The summed E-state index contributed by atoms with van der Waals surface area (Å²) in [6.07, 6.45) is 1.04. The molecule has 30 heavy (non-hydrogen) atoms. The summed E-state index contributed by atoms with van der Waals surface area (Å²) >= 11 is 2.81. The Balaban J connectivity index is 2.23. The van der Waals surface area contributed by atoms with Gasteiger partial charge in [-0.15, -0.1) is 10.2 Å². The van der Waals surface area contributed by atoms with E-state index in [1.807, 2.05) is 0 Å². The first-order valence-corrected chi connectivity index (χ1v) is 12.7. The monoisotopic (exact) mass is 474 g/mol. The number of amides is 1. The van der Waals surface area contributed by atoms with E-state index in [4.69, 9.17) is 9.47 Å². The Kier molecular flexibility index (Phi) is 8.33. The molecular formula is C18H26N4O5S3. The van der Waals surface area contributed by atoms with Crippen LogP contribution in [0, 0.1) is 5.92 Å². The molecule has 0 radical (unpaired) electrons. The predicted octanol–water partition coefficient (Wildman–Crippen LogP) is 3.10. The SMILES string of the molecule is COc1ccc(N([C@@H](C)C(=O)Nc2nnc(SCC(C)C)s2)S(C)(=O)=O)cc1OC. The summed E-state index contributed by atoms with van der Waals surface area (Å²) in [5.41, 5.74) is 0.281. The van der Waals surface area contributed by atoms with Gasteiger partial charge in [0.25, 0.3) is 0 Å². The molecule has 1 aromatic carbocycles. The lowest BCUT2D eigenvalue weighted by atomic mass is 10.2. The van der Waals surface area contributed by atoms with Crippen LogP contribution in [0.5, 0.6) is 11.5 Å². The van der Waals surface area contributed by atoms with Crippen molar-refractivity contribution in [1.82, 2.24) is 10.2 Å². The second kappa shape index (κ2) is 10.3. The lowest BCUT2D eigenvalue weighted by molar-refractivity contribution is -0.116. The first-order chi connectivity index (χ1) is 14.1. The Morgan fingerprint density at radius 1 is 1.20 bits per heavy atom. The number of hydrogen-bond donors (Lipinski definition) is 1. The molecule has 0 aliphatic carbocycles. The number of methoxy groups -OCH3 is 2. The van der Waals surface area contributed by atoms with Crippen LogP contribution in [0.15, 0.2) is 22.5 Å². The van der Waals surface area contributed by atoms with Gasteiger partial charge in [0.05, 0.1) is 26.2 Å². The molecule has 166 valence electrons. The topological polar surface area (TPSA) is 111 Å². The maximum absolute atomic E-state index is 12.8. The molecule has 0 saturated heterocycles. The van der Waals surface area contributed by atoms with Gasteiger partial charge >= 0.3 is 0 Å². The summed E-state index contributed by atoms with van der Waals surface area (Å²) in [6, 6.07) is 3.61. The highest BCUT2D eigenvalue weighted by Gasteiger charge is 2.30. The van der Waals surface area contributed by atoms with E-state index < -0.39 is 22.0 Å². The van der Waals surface area contributed by atoms with Gasteiger partial charge in [0.2, 0.25) is 21.1 Å². The van der Waals surface area contributed by atoms with Crippen LogP contribution >= 0.6 is 23.1 Å². The van der Waals surface area contributed by atoms with Crippen LogP contribution in [0.2, 0.25) is 0 Å². The van der Waals surface area contributed by atoms with Gasteiger partial charge in [-0.1, -0.05) is 36.9 Å². The third-order valence-corrected chi connectivity index (χ3v) is 7.53. The van der Waals surface area contributed by atoms with Gasteiger partial charge in [0.15, 0.2) is 15.8 Å². The van der Waals surface area contributed by atoms with Crippen LogP contribution in [0.25, 0.3) is 0 Å². The molecule has 1 N–H and O–H groups in total. The van der Waals surface area contributed by atoms with Crippen molar-refractivity contribution in [3.8, 4) is 11.5 Å². The summed E-state index contributed by atoms with van der Waals surface area (Å²) in [6.45, 7) is 5.71. The van der Waals surface area contributed by atoms with Gasteiger partial charge in [0, 0.05) is 11.8 Å². The summed E-state index contributed by atoms with van der Waals surface area (Å²) < 4.78 is 37.2. The van der Waals surface area contributed by atoms with Crippen molar-refractivity contribution in [2.24, 2.45) is 5.92 Å². The number of nitrogens with zero attached hydrogens (tertiary/aromatic N) is 3. The van der Waals surface area contributed by atoms with E-state index in [2.05, 4.69) is 29.4 Å². The van der Waals surface area contributed by atoms with Crippen molar-refractivity contribution in [3.05, 3.63) is 18.2 Å². The van der Waals surface area contributed by atoms with E-state index in [1.54, 1.807) is 23.9 Å². The van der Waals surface area contributed by atoms with E-state index in [9.17, 15) is 13.2 Å². The van der Waals surface area contributed by atoms with Crippen LogP contribution in [0.3, 0.4) is 0 Å². The van der Waals surface area contributed by atoms with Gasteiger partial charge in [-0.05, 0) is 25.0 Å². The van der Waals surface area contributed by atoms with Gasteiger partial charge in [-0.25, -0.2) is 8.42 Å². The largest absolute Gasteiger partial charge is 0.493 e. The van der Waals surface area contributed by atoms with Crippen molar-refractivity contribution >= 4 is 49.8 Å². The molecule has 0 bridgehead atoms. The minimum absolute atomic E-state index is 0.281. The number of hydrogen-bond acceptors (Lipinski definition) is 9. The van der Waals surface area contributed by atoms with Crippen LogP contribution < -0.4 is 19.1 Å². The van der Waals surface area contributed by atoms with Gasteiger partial charge in [0.1, 0.15) is 6.04 Å². The summed E-state index contributed by atoms with van der Waals surface area (Å²) in [4.78, 5) is 12.8. The third-order valence-electron chi connectivity index (χ3n) is 3.89. The van der Waals surface area contributed by atoms with Crippen molar-refractivity contribution in [3.63, 3.8) is 0 Å². The van der Waals surface area contributed by atoms with Crippen molar-refractivity contribution in [2.75, 3.05) is 35.9 Å². The molecule has 12 heteroatoms. The highest BCUT2D eigenvalue weighted by atomic mass is 32.2. The molecule has 0 aliphatic heterocycles. The predicted molar refractivity (Wildman–Crippen MR) is 120 cm³/mol. The van der Waals surface area contributed by atoms with E-state index in [1.165, 1.54) is 38.5 Å². The zero-order valence-electron chi connectivity index (χ0n) is 17.7. The zero-order chi connectivity index (χ0) is 22.5. The van der Waals surface area contributed by atoms with Crippen molar-refractivity contribution in [2.45, 2.75) is 31.2 Å². The molecule has 1 amide bonds. The van der Waals surface area contributed by atoms with E-state index in [0.717, 1.165) is 20.7 Å². The molecule has 1 heterocycles. The zero-order valence-corrected chi connectivity index (χ0v) is 20.2. The quantitative estimate of drug-likeness (QED) is 0.413. The maximum atomic E-state index is 12.8. The van der Waals surface area contributed by atoms with Crippen LogP contribution in [-0.4, -0.2) is 56.8 Å². The van der Waals surface area contributed by atoms with E-state index >= 15 is 0 Å². The number of rotatable bonds is 10. The van der Waals surface area contributed by atoms with Crippen molar-refractivity contribution in [1.29, 1.82) is 0 Å². The smallest absolute Gasteiger partial charge is 0.249 e. The fraction of sp³-hybridized carbons (Fsp3) is 0.500. The Bertz CT molecular complexity index is 978. The number of nitrogens with one attached hydrogen (secondary N) is 1. The normalized spacial score (nSPS) is 12.5. The molecule has 0 aliphatic rings. The lowest BCUT2D eigenvalue weighted by Crippen LogP contribution is -2.45. The molecule has 0 spiro atoms. The number of thioether (sulfide) groups is 1. The number of carbonyl (C=O) groups excluding carboxylic acids is 1. The first-order valence-electron chi connectivity index (χ1n) is 9.05. The fourth-order valence-corrected chi connectivity index (χ4v) is 5.44. The number of aromatic nitrogens is 2. The molecule has 1 atom stereocenters. The van der Waals surface area contributed by atoms with Crippen LogP contribution in [-0.2, 0) is 14.8 Å². The number of benzene rings is 1. The summed E-state index contributed by atoms with van der Waals surface area (Å²) in [5, 5.41) is 11.0. The second-order valence-corrected chi connectivity index (χ2v) is 10.9. The molecular weight excluding hydrogens is 448 g/mol. The highest BCUT2D eigenvalue weighted by molar-refractivity contribution is 8.01. The van der Waals surface area contributed by atoms with Crippen molar-refractivity contribution < 1.29 is 22.7 Å². The van der Waals surface area contributed by atoms with Crippen LogP contribution in [0.1, 0.15) is 20.8 Å². The second-order valence-electron chi connectivity index (χ2n) is 6.84. The molecule has 0 unspecified atom stereocenters. The number of sulfonamides is 1. The van der Waals surface area contributed by atoms with Crippen LogP contribution in [0.4, 0.5) is 10.8 Å². The lowest BCUT2D eigenvalue weighted by Gasteiger charge is -2.28. The summed E-state index contributed by atoms with van der Waals surface area (Å²) in [7, 11) is -0.837. The number of carbonyl (C=O) groups is 1. The average Bonchev–Trinajstić information content (AvgIpc) is 3.12. The number of anilines is 2. The van der Waals surface area contributed by atoms with E-state index in [0.29, 0.717) is 22.5 Å². The minimum atomic E-state index is -3.77. The minimum Gasteiger partial charge on any atom is -0.493 e. The molecule has 0 saturated carbocycles. The standard InChI is InChI=1S/C18H26N4O5S3/c1-11(2)10-28-18-21-20-17(29-18)19-16(23)12(3)22(30(6,24)25)13-7-8-14(26-4)15(9-13)27-5/h7-9,11-12H,10H2,1-6H3,(H,19,20,23)/t12-/m0/s1. The van der Waals surface area contributed by atoms with Gasteiger partial charge in [-0.3, -0.25) is 14.4 Å². The number of ether oxygens (including phenoxy) is 2. The Hall–Kier alpha value is -2.05. The Morgan fingerprint density at radius 3 is 2.43 bits per heavy atom. The van der Waals surface area contributed by atoms with E-state index in [-0.39, 0.29) is 5.69 Å². The Labute approximate surface area is 185 Å². The Morgan fingerprint density at radius 2 is 1.87 bits per heavy atom.